The number of rotatable bonds is 7. The highest BCUT2D eigenvalue weighted by Gasteiger charge is 2.14. The number of carbonyl (C=O) groups excluding carboxylic acids is 1. The predicted octanol–water partition coefficient (Wildman–Crippen LogP) is 0.447. The first-order valence-corrected chi connectivity index (χ1v) is 5.53. The first-order chi connectivity index (χ1) is 7.33. The zero-order chi connectivity index (χ0) is 10.9. The molecule has 1 heterocycles. The lowest BCUT2D eigenvalue weighted by Crippen LogP contribution is -2.31. The van der Waals surface area contributed by atoms with E-state index in [9.17, 15) is 4.79 Å². The van der Waals surface area contributed by atoms with E-state index in [-0.39, 0.29) is 5.91 Å². The predicted molar refractivity (Wildman–Crippen MR) is 59.7 cm³/mol. The van der Waals surface area contributed by atoms with E-state index in [1.165, 1.54) is 0 Å². The van der Waals surface area contributed by atoms with Gasteiger partial charge in [-0.25, -0.2) is 0 Å². The SMILES string of the molecule is C=CCNC(=O)CCNCC1CCCO1. The Kier molecular flexibility index (Phi) is 6.04. The van der Waals surface area contributed by atoms with Crippen LogP contribution in [0.2, 0.25) is 0 Å². The average Bonchev–Trinajstić information content (AvgIpc) is 2.74. The standard InChI is InChI=1S/C11H20N2O2/c1-2-6-13-11(14)5-7-12-9-10-4-3-8-15-10/h2,10,12H,1,3-9H2,(H,13,14). The summed E-state index contributed by atoms with van der Waals surface area (Å²) in [6.07, 6.45) is 4.83. The summed E-state index contributed by atoms with van der Waals surface area (Å²) in [4.78, 5) is 11.2. The summed E-state index contributed by atoms with van der Waals surface area (Å²) in [5.41, 5.74) is 0. The molecule has 1 aliphatic heterocycles. The monoisotopic (exact) mass is 212 g/mol. The Morgan fingerprint density at radius 1 is 1.60 bits per heavy atom. The van der Waals surface area contributed by atoms with Crippen LogP contribution in [0.25, 0.3) is 0 Å². The zero-order valence-electron chi connectivity index (χ0n) is 9.13. The molecule has 1 unspecified atom stereocenters. The van der Waals surface area contributed by atoms with Crippen LogP contribution in [0.15, 0.2) is 12.7 Å². The van der Waals surface area contributed by atoms with Crippen molar-refractivity contribution in [2.24, 2.45) is 0 Å². The van der Waals surface area contributed by atoms with Crippen molar-refractivity contribution in [3.05, 3.63) is 12.7 Å². The van der Waals surface area contributed by atoms with Crippen molar-refractivity contribution in [1.29, 1.82) is 0 Å². The van der Waals surface area contributed by atoms with Gasteiger partial charge in [0.25, 0.3) is 0 Å². The molecule has 4 heteroatoms. The van der Waals surface area contributed by atoms with E-state index in [1.54, 1.807) is 6.08 Å². The van der Waals surface area contributed by atoms with E-state index in [0.29, 0.717) is 25.6 Å². The summed E-state index contributed by atoms with van der Waals surface area (Å²) < 4.78 is 5.45. The van der Waals surface area contributed by atoms with Crippen LogP contribution in [0, 0.1) is 0 Å². The molecule has 0 aromatic carbocycles. The Labute approximate surface area is 91.1 Å². The highest BCUT2D eigenvalue weighted by molar-refractivity contribution is 5.76. The molecule has 1 atom stereocenters. The van der Waals surface area contributed by atoms with Crippen molar-refractivity contribution in [2.75, 3.05) is 26.2 Å². The molecule has 0 saturated carbocycles. The van der Waals surface area contributed by atoms with Gasteiger partial charge < -0.3 is 15.4 Å². The largest absolute Gasteiger partial charge is 0.377 e. The molecule has 1 rings (SSSR count). The van der Waals surface area contributed by atoms with Crippen LogP contribution >= 0.6 is 0 Å². The van der Waals surface area contributed by atoms with Crippen molar-refractivity contribution in [3.8, 4) is 0 Å². The highest BCUT2D eigenvalue weighted by Crippen LogP contribution is 2.10. The van der Waals surface area contributed by atoms with E-state index < -0.39 is 0 Å². The van der Waals surface area contributed by atoms with Crippen molar-refractivity contribution >= 4 is 5.91 Å². The van der Waals surface area contributed by atoms with Gasteiger partial charge >= 0.3 is 0 Å². The van der Waals surface area contributed by atoms with Crippen molar-refractivity contribution < 1.29 is 9.53 Å². The normalized spacial score (nSPS) is 20.1. The molecule has 4 nitrogen and oxygen atoms in total. The van der Waals surface area contributed by atoms with Crippen LogP contribution in [0.1, 0.15) is 19.3 Å². The molecule has 0 aromatic rings. The summed E-state index contributed by atoms with van der Waals surface area (Å²) in [6, 6.07) is 0. The molecule has 1 amide bonds. The molecule has 0 bridgehead atoms. The minimum Gasteiger partial charge on any atom is -0.377 e. The third-order valence-corrected chi connectivity index (χ3v) is 2.37. The molecule has 1 aliphatic rings. The van der Waals surface area contributed by atoms with Crippen LogP contribution in [-0.4, -0.2) is 38.3 Å². The van der Waals surface area contributed by atoms with Crippen LogP contribution in [0.4, 0.5) is 0 Å². The highest BCUT2D eigenvalue weighted by atomic mass is 16.5. The maximum Gasteiger partial charge on any atom is 0.221 e. The Balaban J connectivity index is 1.91. The Bertz CT molecular complexity index is 201. The van der Waals surface area contributed by atoms with Gasteiger partial charge in [0, 0.05) is 32.7 Å². The van der Waals surface area contributed by atoms with Crippen molar-refractivity contribution in [2.45, 2.75) is 25.4 Å². The molecule has 0 aromatic heterocycles. The van der Waals surface area contributed by atoms with Crippen LogP contribution in [-0.2, 0) is 9.53 Å². The lowest BCUT2D eigenvalue weighted by molar-refractivity contribution is -0.120. The molecule has 15 heavy (non-hydrogen) atoms. The molecular formula is C11H20N2O2. The van der Waals surface area contributed by atoms with Gasteiger partial charge in [-0.1, -0.05) is 6.08 Å². The molecule has 0 radical (unpaired) electrons. The first-order valence-electron chi connectivity index (χ1n) is 5.53. The maximum absolute atomic E-state index is 11.2. The lowest BCUT2D eigenvalue weighted by atomic mass is 10.2. The maximum atomic E-state index is 11.2. The third-order valence-electron chi connectivity index (χ3n) is 2.37. The molecule has 0 aliphatic carbocycles. The fourth-order valence-electron chi connectivity index (χ4n) is 1.54. The van der Waals surface area contributed by atoms with E-state index in [1.807, 2.05) is 0 Å². The van der Waals surface area contributed by atoms with Gasteiger partial charge in [0.05, 0.1) is 6.10 Å². The number of nitrogens with one attached hydrogen (secondary N) is 2. The second-order valence-electron chi connectivity index (χ2n) is 3.68. The third kappa shape index (κ3) is 5.54. The van der Waals surface area contributed by atoms with E-state index >= 15 is 0 Å². The first kappa shape index (κ1) is 12.2. The van der Waals surface area contributed by atoms with Gasteiger partial charge in [0.2, 0.25) is 5.91 Å². The van der Waals surface area contributed by atoms with Gasteiger partial charge in [0.1, 0.15) is 0 Å². The minimum absolute atomic E-state index is 0.0646. The molecule has 86 valence electrons. The van der Waals surface area contributed by atoms with Crippen LogP contribution < -0.4 is 10.6 Å². The van der Waals surface area contributed by atoms with Gasteiger partial charge in [0.15, 0.2) is 0 Å². The summed E-state index contributed by atoms with van der Waals surface area (Å²) >= 11 is 0. The van der Waals surface area contributed by atoms with Gasteiger partial charge in [-0.05, 0) is 12.8 Å². The number of ether oxygens (including phenoxy) is 1. The van der Waals surface area contributed by atoms with Gasteiger partial charge in [-0.3, -0.25) is 4.79 Å². The molecular weight excluding hydrogens is 192 g/mol. The molecule has 2 N–H and O–H groups in total. The topological polar surface area (TPSA) is 50.4 Å². The van der Waals surface area contributed by atoms with E-state index in [0.717, 1.165) is 26.0 Å². The molecule has 0 spiro atoms. The molecule has 1 saturated heterocycles. The number of carbonyl (C=O) groups is 1. The lowest BCUT2D eigenvalue weighted by Gasteiger charge is -2.10. The van der Waals surface area contributed by atoms with Gasteiger partial charge in [-0.2, -0.15) is 0 Å². The minimum atomic E-state index is 0.0646. The summed E-state index contributed by atoms with van der Waals surface area (Å²) in [7, 11) is 0. The fourth-order valence-corrected chi connectivity index (χ4v) is 1.54. The Morgan fingerprint density at radius 2 is 2.47 bits per heavy atom. The zero-order valence-corrected chi connectivity index (χ0v) is 9.13. The number of hydrogen-bond acceptors (Lipinski definition) is 3. The quantitative estimate of drug-likeness (QED) is 0.476. The second kappa shape index (κ2) is 7.43. The summed E-state index contributed by atoms with van der Waals surface area (Å²) in [5, 5.41) is 5.96. The van der Waals surface area contributed by atoms with Gasteiger partial charge in [-0.15, -0.1) is 6.58 Å². The second-order valence-corrected chi connectivity index (χ2v) is 3.68. The smallest absolute Gasteiger partial charge is 0.221 e. The van der Waals surface area contributed by atoms with E-state index in [2.05, 4.69) is 17.2 Å². The number of hydrogen-bond donors (Lipinski definition) is 2. The van der Waals surface area contributed by atoms with Crippen molar-refractivity contribution in [1.82, 2.24) is 10.6 Å². The fraction of sp³-hybridized carbons (Fsp3) is 0.727. The summed E-state index contributed by atoms with van der Waals surface area (Å²) in [6.45, 7) is 6.53. The molecule has 1 fully saturated rings. The van der Waals surface area contributed by atoms with Crippen LogP contribution in [0.3, 0.4) is 0 Å². The van der Waals surface area contributed by atoms with E-state index in [4.69, 9.17) is 4.74 Å². The summed E-state index contributed by atoms with van der Waals surface area (Å²) in [5.74, 6) is 0.0646. The van der Waals surface area contributed by atoms with Crippen LogP contribution in [0.5, 0.6) is 0 Å². The Morgan fingerprint density at radius 3 is 3.13 bits per heavy atom. The number of amides is 1. The average molecular weight is 212 g/mol. The van der Waals surface area contributed by atoms with Crippen molar-refractivity contribution in [3.63, 3.8) is 0 Å². The Hall–Kier alpha value is -0.870.